The van der Waals surface area contributed by atoms with Crippen LogP contribution in [0.1, 0.15) is 38.9 Å². The van der Waals surface area contributed by atoms with Crippen LogP contribution in [0.3, 0.4) is 0 Å². The summed E-state index contributed by atoms with van der Waals surface area (Å²) in [6, 6.07) is 33.9. The van der Waals surface area contributed by atoms with Gasteiger partial charge in [-0.3, -0.25) is 4.79 Å². The highest BCUT2D eigenvalue weighted by molar-refractivity contribution is 6.30. The molecule has 1 heterocycles. The van der Waals surface area contributed by atoms with Gasteiger partial charge in [-0.25, -0.2) is 0 Å². The zero-order valence-corrected chi connectivity index (χ0v) is 23.6. The summed E-state index contributed by atoms with van der Waals surface area (Å²) in [6.07, 6.45) is 4.62. The average Bonchev–Trinajstić information content (AvgIpc) is 3.38. The highest BCUT2D eigenvalue weighted by atomic mass is 35.5. The van der Waals surface area contributed by atoms with Crippen molar-refractivity contribution in [3.05, 3.63) is 153 Å². The molecule has 0 bridgehead atoms. The van der Waals surface area contributed by atoms with Crippen LogP contribution in [-0.4, -0.2) is 31.0 Å². The monoisotopic (exact) mass is 565 g/mol. The lowest BCUT2D eigenvalue weighted by molar-refractivity contribution is 0.0732. The number of hydrogen-bond acceptors (Lipinski definition) is 2. The smallest absolute Gasteiger partial charge is 0.254 e. The Labute approximate surface area is 245 Å². The fourth-order valence-corrected chi connectivity index (χ4v) is 6.33. The van der Waals surface area contributed by atoms with Gasteiger partial charge in [0.1, 0.15) is 5.75 Å². The Morgan fingerprint density at radius 1 is 0.825 bits per heavy atom. The lowest BCUT2D eigenvalue weighted by atomic mass is 9.75. The Kier molecular flexibility index (Phi) is 7.51. The molecule has 5 heteroatoms. The summed E-state index contributed by atoms with van der Waals surface area (Å²) in [5.74, 6) is 1.27. The molecule has 1 amide bonds. The molecule has 3 nitrogen and oxygen atoms in total. The van der Waals surface area contributed by atoms with E-state index >= 15 is 0 Å². The lowest BCUT2D eigenvalue weighted by Gasteiger charge is -2.38. The third-order valence-electron chi connectivity index (χ3n) is 8.00. The van der Waals surface area contributed by atoms with Crippen molar-refractivity contribution in [2.24, 2.45) is 5.92 Å². The molecule has 1 fully saturated rings. The fourth-order valence-electron chi connectivity index (χ4n) is 6.08. The SMILES string of the molecule is COc1ccc([C@H]2C=C3/C(=C/c4ccc(Cl)cc4)CN(C(=O)c4ccccc4)CC3[C@@H]2c2ccc(Cl)cc2)cc1. The second kappa shape index (κ2) is 11.4. The van der Waals surface area contributed by atoms with E-state index in [0.717, 1.165) is 16.9 Å². The lowest BCUT2D eigenvalue weighted by Crippen LogP contribution is -2.43. The molecule has 6 rings (SSSR count). The average molecular weight is 567 g/mol. The maximum absolute atomic E-state index is 13.8. The number of carbonyl (C=O) groups is 1. The second-order valence-corrected chi connectivity index (χ2v) is 11.3. The van der Waals surface area contributed by atoms with Gasteiger partial charge in [-0.1, -0.05) is 83.9 Å². The van der Waals surface area contributed by atoms with Crippen molar-refractivity contribution in [3.8, 4) is 5.75 Å². The van der Waals surface area contributed by atoms with Crippen molar-refractivity contribution in [1.82, 2.24) is 4.90 Å². The van der Waals surface area contributed by atoms with Gasteiger partial charge >= 0.3 is 0 Å². The number of benzene rings is 4. The van der Waals surface area contributed by atoms with E-state index in [1.807, 2.05) is 83.8 Å². The Morgan fingerprint density at radius 2 is 1.45 bits per heavy atom. The van der Waals surface area contributed by atoms with Gasteiger partial charge in [0.15, 0.2) is 0 Å². The molecule has 1 saturated heterocycles. The van der Waals surface area contributed by atoms with Crippen molar-refractivity contribution in [1.29, 1.82) is 0 Å². The number of rotatable bonds is 5. The molecular formula is C35H29Cl2NO2. The molecule has 0 radical (unpaired) electrons. The number of likely N-dealkylation sites (tertiary alicyclic amines) is 1. The largest absolute Gasteiger partial charge is 0.497 e. The Balaban J connectivity index is 1.47. The number of ether oxygens (including phenoxy) is 1. The van der Waals surface area contributed by atoms with Crippen LogP contribution in [0.4, 0.5) is 0 Å². The molecule has 1 aliphatic carbocycles. The molecule has 200 valence electrons. The van der Waals surface area contributed by atoms with E-state index in [4.69, 9.17) is 27.9 Å². The number of hydrogen-bond donors (Lipinski definition) is 0. The Bertz CT molecular complexity index is 1560. The van der Waals surface area contributed by atoms with Gasteiger partial charge in [-0.05, 0) is 82.4 Å². The van der Waals surface area contributed by atoms with E-state index in [1.54, 1.807) is 7.11 Å². The summed E-state index contributed by atoms with van der Waals surface area (Å²) in [4.78, 5) is 15.8. The van der Waals surface area contributed by atoms with Crippen molar-refractivity contribution in [2.75, 3.05) is 20.2 Å². The number of methoxy groups -OCH3 is 1. The van der Waals surface area contributed by atoms with E-state index in [2.05, 4.69) is 36.4 Å². The molecule has 40 heavy (non-hydrogen) atoms. The molecule has 0 saturated carbocycles. The van der Waals surface area contributed by atoms with Gasteiger partial charge < -0.3 is 9.64 Å². The van der Waals surface area contributed by atoms with Gasteiger partial charge in [-0.2, -0.15) is 0 Å². The van der Waals surface area contributed by atoms with E-state index in [0.29, 0.717) is 28.7 Å². The minimum atomic E-state index is 0.0457. The van der Waals surface area contributed by atoms with Gasteiger partial charge in [0, 0.05) is 46.5 Å². The molecule has 0 aromatic heterocycles. The number of carbonyl (C=O) groups excluding carboxylic acids is 1. The van der Waals surface area contributed by atoms with Crippen molar-refractivity contribution >= 4 is 35.2 Å². The van der Waals surface area contributed by atoms with Crippen LogP contribution in [-0.2, 0) is 0 Å². The van der Waals surface area contributed by atoms with Crippen LogP contribution >= 0.6 is 23.2 Å². The quantitative estimate of drug-likeness (QED) is 0.242. The number of halogens is 2. The van der Waals surface area contributed by atoms with Crippen molar-refractivity contribution in [2.45, 2.75) is 11.8 Å². The standard InChI is InChI=1S/C35H29Cl2NO2/c1-40-30-17-11-24(12-18-30)32-20-31-27(19-23-7-13-28(36)14-8-23)21-38(35(39)26-5-3-2-4-6-26)22-33(31)34(32)25-9-15-29(37)16-10-25/h2-20,32-34H,21-22H2,1H3/b27-19+/t32-,33?,34-/m1/s1. The zero-order chi connectivity index (χ0) is 27.6. The minimum absolute atomic E-state index is 0.0457. The van der Waals surface area contributed by atoms with E-state index < -0.39 is 0 Å². The van der Waals surface area contributed by atoms with Gasteiger partial charge in [0.05, 0.1) is 7.11 Å². The maximum atomic E-state index is 13.8. The zero-order valence-electron chi connectivity index (χ0n) is 22.1. The molecular weight excluding hydrogens is 537 g/mol. The van der Waals surface area contributed by atoms with Crippen molar-refractivity contribution in [3.63, 3.8) is 0 Å². The predicted octanol–water partition coefficient (Wildman–Crippen LogP) is 8.67. The number of amides is 1. The van der Waals surface area contributed by atoms with Crippen LogP contribution in [0.15, 0.2) is 120 Å². The van der Waals surface area contributed by atoms with E-state index in [-0.39, 0.29) is 23.7 Å². The summed E-state index contributed by atoms with van der Waals surface area (Å²) >= 11 is 12.5. The van der Waals surface area contributed by atoms with E-state index in [9.17, 15) is 4.79 Å². The number of fused-ring (bicyclic) bond motifs is 1. The molecule has 4 aromatic rings. The Morgan fingerprint density at radius 3 is 2.10 bits per heavy atom. The van der Waals surface area contributed by atoms with Crippen LogP contribution in [0.2, 0.25) is 10.0 Å². The third kappa shape index (κ3) is 5.32. The van der Waals surface area contributed by atoms with Crippen molar-refractivity contribution < 1.29 is 9.53 Å². The van der Waals surface area contributed by atoms with Gasteiger partial charge in [0.25, 0.3) is 5.91 Å². The summed E-state index contributed by atoms with van der Waals surface area (Å²) in [5.41, 5.74) is 6.64. The molecule has 4 aromatic carbocycles. The maximum Gasteiger partial charge on any atom is 0.254 e. The van der Waals surface area contributed by atoms with Crippen LogP contribution < -0.4 is 4.74 Å². The van der Waals surface area contributed by atoms with Crippen LogP contribution in [0, 0.1) is 5.92 Å². The second-order valence-electron chi connectivity index (χ2n) is 10.4. The van der Waals surface area contributed by atoms with Gasteiger partial charge in [0.2, 0.25) is 0 Å². The predicted molar refractivity (Wildman–Crippen MR) is 163 cm³/mol. The minimum Gasteiger partial charge on any atom is -0.497 e. The van der Waals surface area contributed by atoms with Crippen LogP contribution in [0.25, 0.3) is 6.08 Å². The fraction of sp³-hybridized carbons (Fsp3) is 0.171. The van der Waals surface area contributed by atoms with Crippen LogP contribution in [0.5, 0.6) is 5.75 Å². The molecule has 2 aliphatic rings. The normalized spacial score (nSPS) is 21.2. The molecule has 1 aliphatic heterocycles. The van der Waals surface area contributed by atoms with E-state index in [1.165, 1.54) is 16.7 Å². The molecule has 3 atom stereocenters. The summed E-state index contributed by atoms with van der Waals surface area (Å²) in [7, 11) is 1.68. The number of piperidine rings is 1. The first-order valence-electron chi connectivity index (χ1n) is 13.4. The summed E-state index contributed by atoms with van der Waals surface area (Å²) in [6.45, 7) is 1.18. The highest BCUT2D eigenvalue weighted by Crippen LogP contribution is 2.53. The summed E-state index contributed by atoms with van der Waals surface area (Å²) in [5, 5.41) is 1.41. The molecule has 0 N–H and O–H groups in total. The Hall–Kier alpha value is -3.79. The number of allylic oxidation sites excluding steroid dienone is 1. The number of nitrogens with zero attached hydrogens (tertiary/aromatic N) is 1. The third-order valence-corrected chi connectivity index (χ3v) is 8.51. The highest BCUT2D eigenvalue weighted by Gasteiger charge is 2.44. The first-order valence-corrected chi connectivity index (χ1v) is 14.2. The first-order chi connectivity index (χ1) is 19.5. The topological polar surface area (TPSA) is 29.5 Å². The molecule has 0 spiro atoms. The summed E-state index contributed by atoms with van der Waals surface area (Å²) < 4.78 is 5.43. The van der Waals surface area contributed by atoms with Gasteiger partial charge in [-0.15, -0.1) is 0 Å². The molecule has 1 unspecified atom stereocenters. The first kappa shape index (κ1) is 26.4.